The lowest BCUT2D eigenvalue weighted by atomic mass is 10.1. The second-order valence-electron chi connectivity index (χ2n) is 9.33. The van der Waals surface area contributed by atoms with Crippen LogP contribution in [-0.2, 0) is 11.5 Å². The summed E-state index contributed by atoms with van der Waals surface area (Å²) in [5, 5.41) is 9.82. The van der Waals surface area contributed by atoms with Crippen molar-refractivity contribution in [3.05, 3.63) is 66.3 Å². The van der Waals surface area contributed by atoms with Gasteiger partial charge in [-0.2, -0.15) is 5.26 Å². The van der Waals surface area contributed by atoms with Gasteiger partial charge >= 0.3 is 0 Å². The van der Waals surface area contributed by atoms with E-state index in [1.54, 1.807) is 12.1 Å². The first-order chi connectivity index (χ1) is 16.7. The first-order valence-corrected chi connectivity index (χ1v) is 14.7. The Morgan fingerprint density at radius 3 is 2.49 bits per heavy atom. The molecule has 0 saturated carbocycles. The SMILES string of the molecule is C[Si](C)(C)CCOCn1cc(-c2ccnc(C#N)c2)c2c(Oc3c(F)cc(N)cc3F)ccnc21. The highest BCUT2D eigenvalue weighted by Gasteiger charge is 2.20. The molecule has 3 aromatic heterocycles. The molecule has 35 heavy (non-hydrogen) atoms. The van der Waals surface area contributed by atoms with Crippen molar-refractivity contribution in [3.8, 4) is 28.7 Å². The van der Waals surface area contributed by atoms with Gasteiger partial charge in [0.2, 0.25) is 0 Å². The maximum atomic E-state index is 14.5. The number of nitrogens with two attached hydrogens (primary N) is 1. The molecule has 3 heterocycles. The molecule has 4 aromatic rings. The molecule has 2 N–H and O–H groups in total. The molecule has 0 bridgehead atoms. The van der Waals surface area contributed by atoms with E-state index in [0.717, 1.165) is 18.2 Å². The van der Waals surface area contributed by atoms with Crippen LogP contribution in [-0.4, -0.2) is 29.2 Å². The van der Waals surface area contributed by atoms with Gasteiger partial charge in [-0.3, -0.25) is 0 Å². The lowest BCUT2D eigenvalue weighted by molar-refractivity contribution is 0.0899. The first-order valence-electron chi connectivity index (χ1n) is 11.0. The van der Waals surface area contributed by atoms with E-state index in [4.69, 9.17) is 15.2 Å². The summed E-state index contributed by atoms with van der Waals surface area (Å²) < 4.78 is 42.5. The largest absolute Gasteiger partial charge is 0.450 e. The van der Waals surface area contributed by atoms with Gasteiger partial charge in [-0.05, 0) is 29.8 Å². The second kappa shape index (κ2) is 9.81. The number of ether oxygens (including phenoxy) is 2. The number of nitrogen functional groups attached to an aromatic ring is 1. The second-order valence-corrected chi connectivity index (χ2v) is 14.9. The van der Waals surface area contributed by atoms with Crippen molar-refractivity contribution in [1.82, 2.24) is 14.5 Å². The van der Waals surface area contributed by atoms with Crippen LogP contribution in [0.1, 0.15) is 5.69 Å². The molecular formula is C25H25F2N5O2Si. The molecule has 4 rings (SSSR count). The number of halogens is 2. The van der Waals surface area contributed by atoms with Crippen molar-refractivity contribution in [3.63, 3.8) is 0 Å². The molecule has 180 valence electrons. The normalized spacial score (nSPS) is 11.5. The number of nitriles is 1. The molecular weight excluding hydrogens is 468 g/mol. The maximum Gasteiger partial charge on any atom is 0.198 e. The summed E-state index contributed by atoms with van der Waals surface area (Å²) in [7, 11) is -1.26. The zero-order valence-corrected chi connectivity index (χ0v) is 20.7. The third-order valence-corrected chi connectivity index (χ3v) is 7.07. The van der Waals surface area contributed by atoms with Crippen LogP contribution in [0.15, 0.2) is 48.9 Å². The van der Waals surface area contributed by atoms with Gasteiger partial charge in [-0.25, -0.2) is 18.7 Å². The van der Waals surface area contributed by atoms with Crippen LogP contribution in [0, 0.1) is 23.0 Å². The fourth-order valence-electron chi connectivity index (χ4n) is 3.58. The van der Waals surface area contributed by atoms with Gasteiger partial charge in [0.05, 0.1) is 5.39 Å². The van der Waals surface area contributed by atoms with Crippen LogP contribution in [0.25, 0.3) is 22.2 Å². The summed E-state index contributed by atoms with van der Waals surface area (Å²) in [6.07, 6.45) is 4.85. The van der Waals surface area contributed by atoms with Gasteiger partial charge in [0.15, 0.2) is 17.4 Å². The fourth-order valence-corrected chi connectivity index (χ4v) is 4.33. The van der Waals surface area contributed by atoms with E-state index >= 15 is 0 Å². The summed E-state index contributed by atoms with van der Waals surface area (Å²) in [5.74, 6) is -2.20. The number of rotatable bonds is 8. The zero-order valence-electron chi connectivity index (χ0n) is 19.7. The van der Waals surface area contributed by atoms with Gasteiger partial charge in [-0.1, -0.05) is 19.6 Å². The summed E-state index contributed by atoms with van der Waals surface area (Å²) in [5.41, 5.74) is 7.57. The van der Waals surface area contributed by atoms with Crippen molar-refractivity contribution in [1.29, 1.82) is 5.26 Å². The van der Waals surface area contributed by atoms with Crippen molar-refractivity contribution in [2.45, 2.75) is 32.4 Å². The lowest BCUT2D eigenvalue weighted by Crippen LogP contribution is -2.22. The molecule has 0 atom stereocenters. The Kier molecular flexibility index (Phi) is 6.82. The van der Waals surface area contributed by atoms with E-state index in [2.05, 4.69) is 29.6 Å². The van der Waals surface area contributed by atoms with Gasteiger partial charge in [0.25, 0.3) is 0 Å². The number of hydrogen-bond acceptors (Lipinski definition) is 6. The quantitative estimate of drug-likeness (QED) is 0.185. The molecule has 0 saturated heterocycles. The first kappa shape index (κ1) is 24.3. The maximum absolute atomic E-state index is 14.5. The predicted octanol–water partition coefficient (Wildman–Crippen LogP) is 5.93. The molecule has 0 amide bonds. The summed E-state index contributed by atoms with van der Waals surface area (Å²) in [4.78, 5) is 8.51. The highest BCUT2D eigenvalue weighted by atomic mass is 28.3. The molecule has 0 radical (unpaired) electrons. The average molecular weight is 494 g/mol. The number of hydrogen-bond donors (Lipinski definition) is 1. The monoisotopic (exact) mass is 493 g/mol. The number of anilines is 1. The fraction of sp³-hybridized carbons (Fsp3) is 0.240. The molecule has 0 aliphatic rings. The van der Waals surface area contributed by atoms with Crippen LogP contribution in [0.4, 0.5) is 14.5 Å². The van der Waals surface area contributed by atoms with E-state index in [-0.39, 0.29) is 23.9 Å². The molecule has 0 unspecified atom stereocenters. The van der Waals surface area contributed by atoms with E-state index in [9.17, 15) is 14.0 Å². The van der Waals surface area contributed by atoms with E-state index < -0.39 is 25.5 Å². The molecule has 0 fully saturated rings. The Balaban J connectivity index is 1.81. The zero-order chi connectivity index (χ0) is 25.2. The summed E-state index contributed by atoms with van der Waals surface area (Å²) in [6, 6.07) is 9.93. The molecule has 10 heteroatoms. The Morgan fingerprint density at radius 2 is 1.80 bits per heavy atom. The topological polar surface area (TPSA) is 99.0 Å². The van der Waals surface area contributed by atoms with E-state index in [1.807, 2.05) is 16.8 Å². The average Bonchev–Trinajstić information content (AvgIpc) is 3.18. The number of pyridine rings is 2. The number of aromatic nitrogens is 3. The van der Waals surface area contributed by atoms with Crippen LogP contribution >= 0.6 is 0 Å². The summed E-state index contributed by atoms with van der Waals surface area (Å²) >= 11 is 0. The van der Waals surface area contributed by atoms with Gasteiger partial charge in [0, 0.05) is 56.7 Å². The van der Waals surface area contributed by atoms with E-state index in [0.29, 0.717) is 28.8 Å². The third-order valence-electron chi connectivity index (χ3n) is 5.36. The van der Waals surface area contributed by atoms with Crippen LogP contribution in [0.2, 0.25) is 25.7 Å². The Labute approximate surface area is 202 Å². The van der Waals surface area contributed by atoms with Gasteiger partial charge < -0.3 is 19.8 Å². The Hall–Kier alpha value is -3.81. The van der Waals surface area contributed by atoms with Crippen LogP contribution in [0.3, 0.4) is 0 Å². The number of fused-ring (bicyclic) bond motifs is 1. The van der Waals surface area contributed by atoms with Crippen LogP contribution in [0.5, 0.6) is 11.5 Å². The van der Waals surface area contributed by atoms with Gasteiger partial charge in [-0.15, -0.1) is 0 Å². The van der Waals surface area contributed by atoms with Crippen LogP contribution < -0.4 is 10.5 Å². The smallest absolute Gasteiger partial charge is 0.198 e. The highest BCUT2D eigenvalue weighted by molar-refractivity contribution is 6.76. The summed E-state index contributed by atoms with van der Waals surface area (Å²) in [6.45, 7) is 7.66. The van der Waals surface area contributed by atoms with Gasteiger partial charge in [0.1, 0.15) is 29.9 Å². The van der Waals surface area contributed by atoms with E-state index in [1.165, 1.54) is 18.5 Å². The Morgan fingerprint density at radius 1 is 1.09 bits per heavy atom. The molecule has 1 aromatic carbocycles. The van der Waals surface area contributed by atoms with Crippen molar-refractivity contribution >= 4 is 24.8 Å². The standard InChI is InChI=1S/C25H25F2N5O2Si/c1-35(2,3)9-8-33-15-32-14-19(16-4-6-30-18(10-16)13-28)23-22(5-7-31-25(23)32)34-24-20(26)11-17(29)12-21(24)27/h4-7,10-12,14H,8-9,15,29H2,1-3H3. The Bertz CT molecular complexity index is 1400. The number of nitrogens with zero attached hydrogens (tertiary/aromatic N) is 4. The molecule has 7 nitrogen and oxygen atoms in total. The highest BCUT2D eigenvalue weighted by Crippen LogP contribution is 2.39. The third kappa shape index (κ3) is 5.47. The molecule has 0 aliphatic carbocycles. The minimum Gasteiger partial charge on any atom is -0.450 e. The number of benzene rings is 1. The molecule has 0 aliphatic heterocycles. The van der Waals surface area contributed by atoms with Crippen molar-refractivity contribution in [2.24, 2.45) is 0 Å². The van der Waals surface area contributed by atoms with Crippen molar-refractivity contribution < 1.29 is 18.3 Å². The lowest BCUT2D eigenvalue weighted by Gasteiger charge is -2.15. The minimum atomic E-state index is -1.26. The van der Waals surface area contributed by atoms with Crippen molar-refractivity contribution in [2.75, 3.05) is 12.3 Å². The minimum absolute atomic E-state index is 0.0460. The predicted molar refractivity (Wildman–Crippen MR) is 133 cm³/mol. The molecule has 0 spiro atoms.